The minimum Gasteiger partial charge on any atom is -0.386 e. The van der Waals surface area contributed by atoms with Gasteiger partial charge in [0.2, 0.25) is 5.91 Å². The molecular formula is C15H18ClNO2S. The lowest BCUT2D eigenvalue weighted by molar-refractivity contribution is -0.156. The number of carbonyl (C=O) groups excluding carboxylic acids is 1. The lowest BCUT2D eigenvalue weighted by atomic mass is 9.89. The van der Waals surface area contributed by atoms with Crippen LogP contribution >= 0.6 is 23.4 Å². The second-order valence-electron chi connectivity index (χ2n) is 5.75. The summed E-state index contributed by atoms with van der Waals surface area (Å²) in [6.07, 6.45) is 2.23. The van der Waals surface area contributed by atoms with E-state index in [2.05, 4.69) is 0 Å². The maximum absolute atomic E-state index is 12.0. The molecule has 3 rings (SSSR count). The first kappa shape index (κ1) is 14.2. The van der Waals surface area contributed by atoms with Crippen LogP contribution in [0.25, 0.3) is 0 Å². The monoisotopic (exact) mass is 311 g/mol. The van der Waals surface area contributed by atoms with E-state index >= 15 is 0 Å². The number of amides is 1. The number of aliphatic hydroxyl groups is 1. The van der Waals surface area contributed by atoms with Crippen LogP contribution in [0.5, 0.6) is 0 Å². The van der Waals surface area contributed by atoms with Crippen molar-refractivity contribution in [3.63, 3.8) is 0 Å². The molecule has 0 spiro atoms. The highest BCUT2D eigenvalue weighted by Crippen LogP contribution is 2.44. The lowest BCUT2D eigenvalue weighted by Crippen LogP contribution is -2.65. The molecule has 20 heavy (non-hydrogen) atoms. The summed E-state index contributed by atoms with van der Waals surface area (Å²) in [6, 6.07) is 7.71. The summed E-state index contributed by atoms with van der Waals surface area (Å²) in [4.78, 5) is 13.7. The molecule has 1 amide bonds. The van der Waals surface area contributed by atoms with Crippen LogP contribution in [0.2, 0.25) is 5.02 Å². The van der Waals surface area contributed by atoms with Crippen molar-refractivity contribution in [3.05, 3.63) is 34.9 Å². The largest absolute Gasteiger partial charge is 0.386 e. The Bertz CT molecular complexity index is 512. The Balaban J connectivity index is 1.40. The summed E-state index contributed by atoms with van der Waals surface area (Å²) in [7, 11) is 0. The number of β-amino-alcohol motifs (C(OH)–C–C–N with tert-alkyl or cyclic N) is 1. The molecule has 0 aromatic heterocycles. The molecule has 1 saturated heterocycles. The van der Waals surface area contributed by atoms with Crippen molar-refractivity contribution in [2.75, 3.05) is 18.8 Å². The highest BCUT2D eigenvalue weighted by atomic mass is 35.5. The van der Waals surface area contributed by atoms with Crippen molar-refractivity contribution >= 4 is 29.3 Å². The number of thioether (sulfide) groups is 1. The third-order valence-corrected chi connectivity index (χ3v) is 5.23. The molecule has 3 nitrogen and oxygen atoms in total. The first-order valence-electron chi connectivity index (χ1n) is 6.89. The van der Waals surface area contributed by atoms with Crippen molar-refractivity contribution in [1.82, 2.24) is 4.90 Å². The Morgan fingerprint density at radius 3 is 2.85 bits per heavy atom. The van der Waals surface area contributed by atoms with Crippen LogP contribution in [0, 0.1) is 5.92 Å². The van der Waals surface area contributed by atoms with E-state index in [1.165, 1.54) is 0 Å². The first-order chi connectivity index (χ1) is 9.57. The van der Waals surface area contributed by atoms with E-state index in [1.54, 1.807) is 16.7 Å². The predicted octanol–water partition coefficient (Wildman–Crippen LogP) is 2.56. The molecule has 1 saturated carbocycles. The van der Waals surface area contributed by atoms with Gasteiger partial charge in [-0.2, -0.15) is 0 Å². The molecule has 1 aliphatic carbocycles. The third kappa shape index (κ3) is 3.13. The molecule has 1 heterocycles. The minimum atomic E-state index is -0.576. The van der Waals surface area contributed by atoms with Crippen LogP contribution in [-0.4, -0.2) is 40.4 Å². The molecule has 0 unspecified atom stereocenters. The molecule has 1 N–H and O–H groups in total. The summed E-state index contributed by atoms with van der Waals surface area (Å²) in [5.41, 5.74) is 0.557. The molecule has 1 aromatic rings. The third-order valence-electron chi connectivity index (χ3n) is 4.00. The first-order valence-corrected chi connectivity index (χ1v) is 8.42. The van der Waals surface area contributed by atoms with Gasteiger partial charge in [-0.3, -0.25) is 4.79 Å². The summed E-state index contributed by atoms with van der Waals surface area (Å²) < 4.78 is 0. The van der Waals surface area contributed by atoms with Gasteiger partial charge in [0.1, 0.15) is 5.60 Å². The predicted molar refractivity (Wildman–Crippen MR) is 81.9 cm³/mol. The Hall–Kier alpha value is -0.710. The highest BCUT2D eigenvalue weighted by molar-refractivity contribution is 7.99. The average Bonchev–Trinajstić information content (AvgIpc) is 3.19. The Morgan fingerprint density at radius 1 is 1.45 bits per heavy atom. The number of halogens is 1. The zero-order valence-electron chi connectivity index (χ0n) is 11.2. The van der Waals surface area contributed by atoms with Crippen LogP contribution < -0.4 is 0 Å². The second-order valence-corrected chi connectivity index (χ2v) is 7.17. The van der Waals surface area contributed by atoms with Gasteiger partial charge in [0.25, 0.3) is 0 Å². The number of hydrogen-bond acceptors (Lipinski definition) is 3. The molecular weight excluding hydrogens is 294 g/mol. The van der Waals surface area contributed by atoms with E-state index in [-0.39, 0.29) is 5.91 Å². The van der Waals surface area contributed by atoms with Gasteiger partial charge < -0.3 is 10.0 Å². The van der Waals surface area contributed by atoms with Crippen LogP contribution in [0.1, 0.15) is 18.4 Å². The average molecular weight is 312 g/mol. The number of hydrogen-bond donors (Lipinski definition) is 1. The van der Waals surface area contributed by atoms with Gasteiger partial charge in [0.15, 0.2) is 0 Å². The zero-order valence-corrected chi connectivity index (χ0v) is 12.8. The van der Waals surface area contributed by atoms with Gasteiger partial charge in [-0.05, 0) is 36.5 Å². The number of carbonyl (C=O) groups is 1. The van der Waals surface area contributed by atoms with E-state index in [1.807, 2.05) is 24.3 Å². The molecule has 1 aliphatic heterocycles. The molecule has 2 fully saturated rings. The number of likely N-dealkylation sites (tertiary alicyclic amines) is 1. The van der Waals surface area contributed by atoms with Gasteiger partial charge >= 0.3 is 0 Å². The molecule has 108 valence electrons. The minimum absolute atomic E-state index is 0.127. The number of benzene rings is 1. The highest BCUT2D eigenvalue weighted by Gasteiger charge is 2.53. The second kappa shape index (κ2) is 5.58. The van der Waals surface area contributed by atoms with Crippen molar-refractivity contribution in [3.8, 4) is 0 Å². The van der Waals surface area contributed by atoms with Crippen molar-refractivity contribution < 1.29 is 9.90 Å². The van der Waals surface area contributed by atoms with Gasteiger partial charge in [-0.25, -0.2) is 0 Å². The molecule has 0 radical (unpaired) electrons. The normalized spacial score (nSPS) is 20.6. The van der Waals surface area contributed by atoms with E-state index in [9.17, 15) is 9.90 Å². The van der Waals surface area contributed by atoms with Crippen molar-refractivity contribution in [2.45, 2.75) is 24.2 Å². The molecule has 0 bridgehead atoms. The SMILES string of the molecule is O=C(CSCc1cccc(Cl)c1)N1CC(O)(C2CC2)C1. The lowest BCUT2D eigenvalue weighted by Gasteiger charge is -2.47. The molecule has 2 aliphatic rings. The van der Waals surface area contributed by atoms with Gasteiger partial charge in [-0.1, -0.05) is 23.7 Å². The zero-order chi connectivity index (χ0) is 14.2. The standard InChI is InChI=1S/C15H18ClNO2S/c16-13-3-1-2-11(6-13)7-20-8-14(18)17-9-15(19,10-17)12-4-5-12/h1-3,6,12,19H,4-5,7-10H2. The Kier molecular flexibility index (Phi) is 3.98. The number of nitrogens with zero attached hydrogens (tertiary/aromatic N) is 1. The van der Waals surface area contributed by atoms with E-state index in [0.29, 0.717) is 24.8 Å². The van der Waals surface area contributed by atoms with Crippen LogP contribution in [0.4, 0.5) is 0 Å². The van der Waals surface area contributed by atoms with Crippen LogP contribution in [0.3, 0.4) is 0 Å². The fourth-order valence-electron chi connectivity index (χ4n) is 2.64. The molecule has 1 aromatic carbocycles. The Morgan fingerprint density at radius 2 is 2.20 bits per heavy atom. The van der Waals surface area contributed by atoms with Crippen molar-refractivity contribution in [2.24, 2.45) is 5.92 Å². The van der Waals surface area contributed by atoms with E-state index in [4.69, 9.17) is 11.6 Å². The Labute approximate surface area is 128 Å². The molecule has 0 atom stereocenters. The summed E-state index contributed by atoms with van der Waals surface area (Å²) in [6.45, 7) is 1.04. The smallest absolute Gasteiger partial charge is 0.232 e. The maximum atomic E-state index is 12.0. The fourth-order valence-corrected chi connectivity index (χ4v) is 3.73. The maximum Gasteiger partial charge on any atom is 0.232 e. The van der Waals surface area contributed by atoms with Crippen LogP contribution in [0.15, 0.2) is 24.3 Å². The van der Waals surface area contributed by atoms with Crippen LogP contribution in [-0.2, 0) is 10.5 Å². The topological polar surface area (TPSA) is 40.5 Å². The van der Waals surface area contributed by atoms with E-state index < -0.39 is 5.60 Å². The number of rotatable bonds is 5. The molecule has 5 heteroatoms. The van der Waals surface area contributed by atoms with Gasteiger partial charge in [0.05, 0.1) is 18.8 Å². The quantitative estimate of drug-likeness (QED) is 0.908. The summed E-state index contributed by atoms with van der Waals surface area (Å²) in [5.74, 6) is 1.81. The van der Waals surface area contributed by atoms with E-state index in [0.717, 1.165) is 29.2 Å². The summed E-state index contributed by atoms with van der Waals surface area (Å²) >= 11 is 7.52. The fraction of sp³-hybridized carbons (Fsp3) is 0.533. The van der Waals surface area contributed by atoms with Crippen molar-refractivity contribution in [1.29, 1.82) is 0 Å². The summed E-state index contributed by atoms with van der Waals surface area (Å²) in [5, 5.41) is 10.9. The van der Waals surface area contributed by atoms with Gasteiger partial charge in [-0.15, -0.1) is 11.8 Å². The van der Waals surface area contributed by atoms with Gasteiger partial charge in [0, 0.05) is 10.8 Å².